The normalized spacial score (nSPS) is 11.6. The summed E-state index contributed by atoms with van der Waals surface area (Å²) in [7, 11) is 0. The molecular weight excluding hydrogens is 253 g/mol. The van der Waals surface area contributed by atoms with Crippen LogP contribution in [-0.2, 0) is 6.18 Å². The summed E-state index contributed by atoms with van der Waals surface area (Å²) in [5, 5.41) is 0. The van der Waals surface area contributed by atoms with Gasteiger partial charge in [0.15, 0.2) is 11.6 Å². The molecule has 0 unspecified atom stereocenters. The second-order valence-corrected chi connectivity index (χ2v) is 3.44. The molecule has 1 aromatic carbocycles. The fraction of sp³-hybridized carbons (Fsp3) is 0.0833. The molecule has 0 fully saturated rings. The number of hydrogen-bond donors (Lipinski definition) is 0. The maximum atomic E-state index is 13.3. The highest BCUT2D eigenvalue weighted by Crippen LogP contribution is 2.30. The first-order valence-electron chi connectivity index (χ1n) is 4.79. The number of benzene rings is 1. The van der Waals surface area contributed by atoms with Gasteiger partial charge in [-0.15, -0.1) is 0 Å². The number of aromatic nitrogens is 1. The smallest absolute Gasteiger partial charge is 0.253 e. The largest absolute Gasteiger partial charge is 0.417 e. The van der Waals surface area contributed by atoms with Crippen LogP contribution in [0.1, 0.15) is 5.56 Å². The predicted octanol–water partition coefficient (Wildman–Crippen LogP) is 3.85. The topological polar surface area (TPSA) is 12.9 Å². The summed E-state index contributed by atoms with van der Waals surface area (Å²) in [5.74, 6) is -2.31. The maximum Gasteiger partial charge on any atom is 0.417 e. The van der Waals surface area contributed by atoms with Crippen molar-refractivity contribution in [3.8, 4) is 11.3 Å². The van der Waals surface area contributed by atoms with Crippen LogP contribution in [0.2, 0.25) is 0 Å². The average molecular weight is 258 g/mol. The van der Waals surface area contributed by atoms with Crippen LogP contribution < -0.4 is 0 Å². The minimum absolute atomic E-state index is 0.0278. The molecule has 2 rings (SSSR count). The Morgan fingerprint density at radius 3 is 2.33 bits per heavy atom. The second-order valence-electron chi connectivity index (χ2n) is 3.44. The summed E-state index contributed by atoms with van der Waals surface area (Å²) in [5.41, 5.74) is -1.30. The fourth-order valence-electron chi connectivity index (χ4n) is 1.37. The lowest BCUT2D eigenvalue weighted by molar-refractivity contribution is -0.137. The van der Waals surface area contributed by atoms with E-state index in [1.807, 2.05) is 6.07 Å². The van der Waals surface area contributed by atoms with Gasteiger partial charge in [-0.1, -0.05) is 6.07 Å². The highest BCUT2D eigenvalue weighted by atomic mass is 19.4. The fourth-order valence-corrected chi connectivity index (χ4v) is 1.37. The summed E-state index contributed by atoms with van der Waals surface area (Å²) in [6.45, 7) is 0. The Kier molecular flexibility index (Phi) is 3.02. The first kappa shape index (κ1) is 12.5. The molecule has 0 aliphatic rings. The van der Waals surface area contributed by atoms with Gasteiger partial charge in [-0.2, -0.15) is 13.2 Å². The van der Waals surface area contributed by atoms with Gasteiger partial charge in [-0.25, -0.2) is 8.78 Å². The molecule has 2 aromatic rings. The standard InChI is InChI=1S/C12H5F5N/c13-9-5-6-18-11(10(9)14)7-1-3-8(4-2-7)12(15,16)17/h1-3,5-6H. The third kappa shape index (κ3) is 2.32. The molecule has 0 aliphatic heterocycles. The molecule has 18 heavy (non-hydrogen) atoms. The molecule has 1 aromatic heterocycles. The minimum Gasteiger partial charge on any atom is -0.253 e. The van der Waals surface area contributed by atoms with Gasteiger partial charge in [-0.3, -0.25) is 4.98 Å². The first-order valence-corrected chi connectivity index (χ1v) is 4.79. The van der Waals surface area contributed by atoms with Crippen LogP contribution in [0.25, 0.3) is 11.3 Å². The van der Waals surface area contributed by atoms with E-state index < -0.39 is 23.4 Å². The van der Waals surface area contributed by atoms with Gasteiger partial charge >= 0.3 is 6.18 Å². The molecule has 0 bridgehead atoms. The molecule has 93 valence electrons. The highest BCUT2D eigenvalue weighted by Gasteiger charge is 2.30. The molecular formula is C12H5F5N. The van der Waals surface area contributed by atoms with E-state index >= 15 is 0 Å². The van der Waals surface area contributed by atoms with Crippen molar-refractivity contribution in [1.82, 2.24) is 4.98 Å². The SMILES string of the molecule is Fc1ccnc(-c2c[c]c(C(F)(F)F)cc2)c1F. The Labute approximate surface area is 98.9 Å². The van der Waals surface area contributed by atoms with Gasteiger partial charge in [0, 0.05) is 11.8 Å². The number of halogens is 5. The number of pyridine rings is 1. The van der Waals surface area contributed by atoms with Crippen molar-refractivity contribution >= 4 is 0 Å². The van der Waals surface area contributed by atoms with Crippen molar-refractivity contribution in [2.45, 2.75) is 6.18 Å². The van der Waals surface area contributed by atoms with Crippen LogP contribution in [0, 0.1) is 17.7 Å². The summed E-state index contributed by atoms with van der Waals surface area (Å²) in [4.78, 5) is 3.58. The van der Waals surface area contributed by atoms with Crippen LogP contribution in [0.5, 0.6) is 0 Å². The van der Waals surface area contributed by atoms with Crippen LogP contribution in [0.4, 0.5) is 22.0 Å². The zero-order valence-electron chi connectivity index (χ0n) is 8.72. The Morgan fingerprint density at radius 1 is 1.06 bits per heavy atom. The van der Waals surface area contributed by atoms with E-state index in [-0.39, 0.29) is 11.3 Å². The molecule has 0 amide bonds. The molecule has 0 saturated heterocycles. The van der Waals surface area contributed by atoms with E-state index in [9.17, 15) is 22.0 Å². The maximum absolute atomic E-state index is 13.3. The van der Waals surface area contributed by atoms with Crippen molar-refractivity contribution in [2.75, 3.05) is 0 Å². The molecule has 1 radical (unpaired) electrons. The Bertz CT molecular complexity index is 560. The summed E-state index contributed by atoms with van der Waals surface area (Å²) in [6, 6.07) is 5.47. The highest BCUT2D eigenvalue weighted by molar-refractivity contribution is 5.59. The van der Waals surface area contributed by atoms with E-state index in [1.54, 1.807) is 0 Å². The molecule has 0 saturated carbocycles. The Hall–Kier alpha value is -1.98. The third-order valence-corrected chi connectivity index (χ3v) is 2.23. The van der Waals surface area contributed by atoms with E-state index in [0.717, 1.165) is 30.5 Å². The van der Waals surface area contributed by atoms with Gasteiger partial charge in [-0.05, 0) is 24.3 Å². The quantitative estimate of drug-likeness (QED) is 0.708. The molecule has 1 nitrogen and oxygen atoms in total. The van der Waals surface area contributed by atoms with Crippen LogP contribution in [-0.4, -0.2) is 4.98 Å². The summed E-state index contributed by atoms with van der Waals surface area (Å²) >= 11 is 0. The molecule has 0 N–H and O–H groups in total. The first-order chi connectivity index (χ1) is 8.39. The average Bonchev–Trinajstić information content (AvgIpc) is 2.32. The van der Waals surface area contributed by atoms with Gasteiger partial charge in [0.25, 0.3) is 0 Å². The Balaban J connectivity index is 2.44. The zero-order valence-corrected chi connectivity index (χ0v) is 8.72. The zero-order chi connectivity index (χ0) is 13.3. The Morgan fingerprint density at radius 2 is 1.78 bits per heavy atom. The van der Waals surface area contributed by atoms with E-state index in [2.05, 4.69) is 4.98 Å². The predicted molar refractivity (Wildman–Crippen MR) is 53.4 cm³/mol. The van der Waals surface area contributed by atoms with Crippen LogP contribution in [0.3, 0.4) is 0 Å². The van der Waals surface area contributed by atoms with Gasteiger partial charge in [0.2, 0.25) is 0 Å². The van der Waals surface area contributed by atoms with Crippen LogP contribution >= 0.6 is 0 Å². The monoisotopic (exact) mass is 258 g/mol. The lowest BCUT2D eigenvalue weighted by atomic mass is 10.1. The molecule has 1 heterocycles. The van der Waals surface area contributed by atoms with E-state index in [0.29, 0.717) is 0 Å². The van der Waals surface area contributed by atoms with E-state index in [1.165, 1.54) is 0 Å². The van der Waals surface area contributed by atoms with Gasteiger partial charge in [0.1, 0.15) is 5.69 Å². The second kappa shape index (κ2) is 4.36. The molecule has 6 heteroatoms. The van der Waals surface area contributed by atoms with Gasteiger partial charge < -0.3 is 0 Å². The van der Waals surface area contributed by atoms with Crippen LogP contribution in [0.15, 0.2) is 30.5 Å². The number of rotatable bonds is 1. The molecule has 0 aliphatic carbocycles. The lowest BCUT2D eigenvalue weighted by Crippen LogP contribution is -2.04. The van der Waals surface area contributed by atoms with Crippen molar-refractivity contribution < 1.29 is 22.0 Å². The van der Waals surface area contributed by atoms with Crippen molar-refractivity contribution in [3.63, 3.8) is 0 Å². The van der Waals surface area contributed by atoms with Crippen molar-refractivity contribution in [1.29, 1.82) is 0 Å². The summed E-state index contributed by atoms with van der Waals surface area (Å²) in [6.07, 6.45) is -3.49. The number of hydrogen-bond acceptors (Lipinski definition) is 1. The minimum atomic E-state index is -4.52. The molecule has 0 atom stereocenters. The van der Waals surface area contributed by atoms with E-state index in [4.69, 9.17) is 0 Å². The summed E-state index contributed by atoms with van der Waals surface area (Å²) < 4.78 is 63.1. The lowest BCUT2D eigenvalue weighted by Gasteiger charge is -2.07. The number of alkyl halides is 3. The molecule has 0 spiro atoms. The van der Waals surface area contributed by atoms with Crippen molar-refractivity contribution in [2.24, 2.45) is 0 Å². The van der Waals surface area contributed by atoms with Gasteiger partial charge in [0.05, 0.1) is 5.56 Å². The number of nitrogens with zero attached hydrogens (tertiary/aromatic N) is 1. The third-order valence-electron chi connectivity index (χ3n) is 2.23. The van der Waals surface area contributed by atoms with Crippen molar-refractivity contribution in [3.05, 3.63) is 53.7 Å².